The summed E-state index contributed by atoms with van der Waals surface area (Å²) in [5.74, 6) is 0.197. The van der Waals surface area contributed by atoms with E-state index in [-0.39, 0.29) is 5.78 Å². The summed E-state index contributed by atoms with van der Waals surface area (Å²) in [6, 6.07) is 10.4. The van der Waals surface area contributed by atoms with E-state index in [1.807, 2.05) is 30.1 Å². The minimum absolute atomic E-state index is 0.197. The second-order valence-electron chi connectivity index (χ2n) is 5.50. The van der Waals surface area contributed by atoms with Crippen molar-refractivity contribution in [2.24, 2.45) is 7.05 Å². The summed E-state index contributed by atoms with van der Waals surface area (Å²) in [7, 11) is 1.94. The first-order valence-electron chi connectivity index (χ1n) is 7.22. The van der Waals surface area contributed by atoms with Crippen LogP contribution in [0.3, 0.4) is 0 Å². The molecule has 1 aliphatic heterocycles. The Morgan fingerprint density at radius 2 is 2.05 bits per heavy atom. The first-order chi connectivity index (χ1) is 9.74. The van der Waals surface area contributed by atoms with E-state index in [0.29, 0.717) is 6.54 Å². The van der Waals surface area contributed by atoms with Crippen molar-refractivity contribution in [1.82, 2.24) is 4.57 Å². The number of rotatable bonds is 3. The molecule has 3 nitrogen and oxygen atoms in total. The summed E-state index contributed by atoms with van der Waals surface area (Å²) in [6.07, 6.45) is 7.28. The maximum Gasteiger partial charge on any atom is 0.183 e. The second kappa shape index (κ2) is 5.53. The molecular weight excluding hydrogens is 248 g/mol. The maximum atomic E-state index is 12.4. The number of fused-ring (bicyclic) bond motifs is 1. The van der Waals surface area contributed by atoms with Gasteiger partial charge in [-0.3, -0.25) is 4.79 Å². The van der Waals surface area contributed by atoms with Crippen LogP contribution in [-0.2, 0) is 13.5 Å². The molecule has 0 N–H and O–H groups in total. The van der Waals surface area contributed by atoms with Gasteiger partial charge in [-0.2, -0.15) is 0 Å². The molecule has 104 valence electrons. The smallest absolute Gasteiger partial charge is 0.183 e. The molecule has 0 fully saturated rings. The van der Waals surface area contributed by atoms with Gasteiger partial charge in [0.2, 0.25) is 0 Å². The number of aryl methyl sites for hydroxylation is 2. The second-order valence-corrected chi connectivity index (χ2v) is 5.50. The van der Waals surface area contributed by atoms with Crippen LogP contribution in [0.25, 0.3) is 0 Å². The predicted octanol–water partition coefficient (Wildman–Crippen LogP) is 3.05. The molecular formula is C17H20N2O. The van der Waals surface area contributed by atoms with Crippen molar-refractivity contribution < 1.29 is 4.79 Å². The van der Waals surface area contributed by atoms with Gasteiger partial charge in [-0.15, -0.1) is 0 Å². The predicted molar refractivity (Wildman–Crippen MR) is 81.3 cm³/mol. The van der Waals surface area contributed by atoms with Gasteiger partial charge in [-0.1, -0.05) is 18.2 Å². The highest BCUT2D eigenvalue weighted by molar-refractivity contribution is 5.99. The number of anilines is 1. The molecule has 0 atom stereocenters. The van der Waals surface area contributed by atoms with Gasteiger partial charge in [0.25, 0.3) is 0 Å². The van der Waals surface area contributed by atoms with Crippen molar-refractivity contribution in [3.05, 3.63) is 53.9 Å². The highest BCUT2D eigenvalue weighted by atomic mass is 16.1. The molecule has 0 radical (unpaired) electrons. The van der Waals surface area contributed by atoms with Gasteiger partial charge in [-0.25, -0.2) is 0 Å². The van der Waals surface area contributed by atoms with E-state index in [4.69, 9.17) is 0 Å². The summed E-state index contributed by atoms with van der Waals surface area (Å²) < 4.78 is 1.92. The van der Waals surface area contributed by atoms with E-state index < -0.39 is 0 Å². The van der Waals surface area contributed by atoms with Crippen molar-refractivity contribution >= 4 is 11.5 Å². The third-order valence-corrected chi connectivity index (χ3v) is 3.94. The number of para-hydroxylation sites is 1. The number of nitrogens with zero attached hydrogens (tertiary/aromatic N) is 2. The van der Waals surface area contributed by atoms with Gasteiger partial charge in [0, 0.05) is 37.2 Å². The number of benzene rings is 1. The fourth-order valence-electron chi connectivity index (χ4n) is 2.87. The molecule has 0 spiro atoms. The average molecular weight is 268 g/mol. The number of hydrogen-bond donors (Lipinski definition) is 0. The summed E-state index contributed by atoms with van der Waals surface area (Å²) in [5.41, 5.74) is 3.40. The molecule has 1 aliphatic rings. The van der Waals surface area contributed by atoms with Crippen molar-refractivity contribution in [3.63, 3.8) is 0 Å². The van der Waals surface area contributed by atoms with Crippen molar-refractivity contribution in [2.75, 3.05) is 18.0 Å². The number of aromatic nitrogens is 1. The number of ketones is 1. The first-order valence-corrected chi connectivity index (χ1v) is 7.22. The van der Waals surface area contributed by atoms with Crippen LogP contribution in [0, 0.1) is 0 Å². The van der Waals surface area contributed by atoms with E-state index in [0.717, 1.165) is 24.9 Å². The molecule has 3 rings (SSSR count). The lowest BCUT2D eigenvalue weighted by Crippen LogP contribution is -2.30. The Bertz CT molecular complexity index is 615. The Morgan fingerprint density at radius 3 is 2.85 bits per heavy atom. The van der Waals surface area contributed by atoms with Crippen molar-refractivity contribution in [3.8, 4) is 0 Å². The molecule has 0 amide bonds. The molecule has 0 saturated heterocycles. The molecule has 0 aliphatic carbocycles. The van der Waals surface area contributed by atoms with Crippen LogP contribution in [0.15, 0.2) is 42.7 Å². The van der Waals surface area contributed by atoms with Gasteiger partial charge in [0.1, 0.15) is 0 Å². The SMILES string of the molecule is Cn1ccc(C(=O)CN2CCCCc3ccccc32)c1. The zero-order valence-corrected chi connectivity index (χ0v) is 11.9. The quantitative estimate of drug-likeness (QED) is 0.799. The van der Waals surface area contributed by atoms with Gasteiger partial charge >= 0.3 is 0 Å². The molecule has 2 aromatic rings. The van der Waals surface area contributed by atoms with Gasteiger partial charge in [0.15, 0.2) is 5.78 Å². The van der Waals surface area contributed by atoms with Crippen LogP contribution in [0.4, 0.5) is 5.69 Å². The van der Waals surface area contributed by atoms with Crippen molar-refractivity contribution in [1.29, 1.82) is 0 Å². The first kappa shape index (κ1) is 13.0. The fraction of sp³-hybridized carbons (Fsp3) is 0.353. The molecule has 1 aromatic carbocycles. The van der Waals surface area contributed by atoms with Gasteiger partial charge in [-0.05, 0) is 37.0 Å². The molecule has 20 heavy (non-hydrogen) atoms. The maximum absolute atomic E-state index is 12.4. The highest BCUT2D eigenvalue weighted by Gasteiger charge is 2.18. The number of hydrogen-bond acceptors (Lipinski definition) is 2. The van der Waals surface area contributed by atoms with Gasteiger partial charge < -0.3 is 9.47 Å². The summed E-state index contributed by atoms with van der Waals surface area (Å²) in [6.45, 7) is 1.44. The minimum Gasteiger partial charge on any atom is -0.364 e. The normalized spacial score (nSPS) is 14.8. The topological polar surface area (TPSA) is 25.2 Å². The Kier molecular flexibility index (Phi) is 3.59. The molecule has 2 heterocycles. The van der Waals surface area contributed by atoms with E-state index in [9.17, 15) is 4.79 Å². The number of Topliss-reactive ketones (excluding diaryl/α,β-unsaturated/α-hetero) is 1. The molecule has 0 unspecified atom stereocenters. The van der Waals surface area contributed by atoms with Crippen LogP contribution in [0.2, 0.25) is 0 Å². The molecule has 3 heteroatoms. The van der Waals surface area contributed by atoms with Gasteiger partial charge in [0.05, 0.1) is 6.54 Å². The lowest BCUT2D eigenvalue weighted by Gasteiger charge is -2.24. The Balaban J connectivity index is 1.82. The Morgan fingerprint density at radius 1 is 1.20 bits per heavy atom. The third kappa shape index (κ3) is 2.62. The van der Waals surface area contributed by atoms with Crippen LogP contribution >= 0.6 is 0 Å². The summed E-state index contributed by atoms with van der Waals surface area (Å²) in [5, 5.41) is 0. The fourth-order valence-corrected chi connectivity index (χ4v) is 2.87. The largest absolute Gasteiger partial charge is 0.364 e. The zero-order chi connectivity index (χ0) is 13.9. The molecule has 0 saturated carbocycles. The summed E-state index contributed by atoms with van der Waals surface area (Å²) >= 11 is 0. The average Bonchev–Trinajstić information content (AvgIpc) is 2.79. The van der Waals surface area contributed by atoms with Crippen LogP contribution in [-0.4, -0.2) is 23.4 Å². The minimum atomic E-state index is 0.197. The van der Waals surface area contributed by atoms with E-state index in [2.05, 4.69) is 29.2 Å². The van der Waals surface area contributed by atoms with Crippen LogP contribution < -0.4 is 4.90 Å². The number of carbonyl (C=O) groups is 1. The van der Waals surface area contributed by atoms with E-state index >= 15 is 0 Å². The van der Waals surface area contributed by atoms with E-state index in [1.165, 1.54) is 17.7 Å². The highest BCUT2D eigenvalue weighted by Crippen LogP contribution is 2.26. The monoisotopic (exact) mass is 268 g/mol. The lowest BCUT2D eigenvalue weighted by molar-refractivity contribution is 0.0999. The number of carbonyl (C=O) groups excluding carboxylic acids is 1. The lowest BCUT2D eigenvalue weighted by atomic mass is 10.1. The van der Waals surface area contributed by atoms with Crippen molar-refractivity contribution in [2.45, 2.75) is 19.3 Å². The van der Waals surface area contributed by atoms with Crippen LogP contribution in [0.5, 0.6) is 0 Å². The van der Waals surface area contributed by atoms with E-state index in [1.54, 1.807) is 0 Å². The molecule has 0 bridgehead atoms. The van der Waals surface area contributed by atoms with Crippen LogP contribution in [0.1, 0.15) is 28.8 Å². The zero-order valence-electron chi connectivity index (χ0n) is 11.9. The Labute approximate surface area is 119 Å². The molecule has 1 aromatic heterocycles. The standard InChI is InChI=1S/C17H20N2O/c1-18-11-9-15(12-18)17(20)13-19-10-5-4-7-14-6-2-3-8-16(14)19/h2-3,6,8-9,11-12H,4-5,7,10,13H2,1H3. The third-order valence-electron chi connectivity index (χ3n) is 3.94. The Hall–Kier alpha value is -2.03. The summed E-state index contributed by atoms with van der Waals surface area (Å²) in [4.78, 5) is 14.6.